The number of ether oxygens (including phenoxy) is 2. The second-order valence-corrected chi connectivity index (χ2v) is 7.46. The molecule has 2 rings (SSSR count). The Morgan fingerprint density at radius 2 is 1.43 bits per heavy atom. The second kappa shape index (κ2) is 11.9. The number of hydrogen-bond donors (Lipinski definition) is 1. The van der Waals surface area contributed by atoms with Crippen LogP contribution in [0.1, 0.15) is 25.0 Å². The molecule has 1 atom stereocenters. The zero-order valence-corrected chi connectivity index (χ0v) is 17.0. The highest BCUT2D eigenvalue weighted by molar-refractivity contribution is 5.17. The Balaban J connectivity index is 1.97. The van der Waals surface area contributed by atoms with Crippen molar-refractivity contribution in [3.05, 3.63) is 71.8 Å². The van der Waals surface area contributed by atoms with Crippen molar-refractivity contribution in [2.45, 2.75) is 38.7 Å². The third-order valence-corrected chi connectivity index (χ3v) is 4.63. The van der Waals surface area contributed by atoms with E-state index in [1.54, 1.807) is 13.8 Å². The molecule has 28 heavy (non-hydrogen) atoms. The monoisotopic (exact) mass is 388 g/mol. The topological polar surface area (TPSA) is 47.7 Å². The van der Waals surface area contributed by atoms with Crippen LogP contribution in [0.5, 0.6) is 0 Å². The maximum absolute atomic E-state index is 15.2. The van der Waals surface area contributed by atoms with Gasteiger partial charge in [-0.2, -0.15) is 0 Å². The highest BCUT2D eigenvalue weighted by atomic mass is 19.1. The van der Waals surface area contributed by atoms with Crippen molar-refractivity contribution in [1.82, 2.24) is 4.90 Å². The lowest BCUT2D eigenvalue weighted by Crippen LogP contribution is -2.44. The van der Waals surface area contributed by atoms with Crippen molar-refractivity contribution < 1.29 is 13.9 Å². The molecule has 0 fully saturated rings. The van der Waals surface area contributed by atoms with Gasteiger partial charge in [0.2, 0.25) is 0 Å². The van der Waals surface area contributed by atoms with Gasteiger partial charge in [0.15, 0.2) is 0 Å². The highest BCUT2D eigenvalue weighted by Crippen LogP contribution is 2.21. The van der Waals surface area contributed by atoms with E-state index in [0.717, 1.165) is 0 Å². The minimum absolute atomic E-state index is 0.292. The Labute approximate surface area is 168 Å². The van der Waals surface area contributed by atoms with Gasteiger partial charge in [0.25, 0.3) is 0 Å². The van der Waals surface area contributed by atoms with Gasteiger partial charge in [-0.15, -0.1) is 0 Å². The summed E-state index contributed by atoms with van der Waals surface area (Å²) < 4.78 is 26.3. The Bertz CT molecular complexity index is 611. The number of alkyl halides is 1. The fourth-order valence-corrected chi connectivity index (χ4v) is 2.95. The molecular weight excluding hydrogens is 355 g/mol. The minimum atomic E-state index is -1.13. The van der Waals surface area contributed by atoms with Crippen LogP contribution < -0.4 is 5.73 Å². The summed E-state index contributed by atoms with van der Waals surface area (Å²) in [5.41, 5.74) is 6.84. The lowest BCUT2D eigenvalue weighted by atomic mass is 10.0. The van der Waals surface area contributed by atoms with E-state index in [1.165, 1.54) is 11.1 Å². The van der Waals surface area contributed by atoms with Gasteiger partial charge in [-0.3, -0.25) is 4.90 Å². The smallest absolute Gasteiger partial charge is 0.141 e. The molecule has 0 aromatic heterocycles. The minimum Gasteiger partial charge on any atom is -0.378 e. The number of benzene rings is 2. The Hall–Kier alpha value is -1.79. The van der Waals surface area contributed by atoms with Gasteiger partial charge in [0.05, 0.1) is 25.4 Å². The van der Waals surface area contributed by atoms with Crippen LogP contribution in [-0.2, 0) is 22.6 Å². The summed E-state index contributed by atoms with van der Waals surface area (Å²) in [6.45, 7) is 7.00. The molecule has 2 aromatic carbocycles. The molecule has 154 valence electrons. The molecule has 2 aromatic rings. The van der Waals surface area contributed by atoms with Crippen molar-refractivity contribution in [2.75, 3.05) is 32.9 Å². The van der Waals surface area contributed by atoms with Crippen LogP contribution >= 0.6 is 0 Å². The van der Waals surface area contributed by atoms with Crippen LogP contribution in [0.3, 0.4) is 0 Å². The summed E-state index contributed by atoms with van der Waals surface area (Å²) in [5, 5.41) is 0. The molecule has 0 aliphatic heterocycles. The third kappa shape index (κ3) is 8.07. The zero-order valence-electron chi connectivity index (χ0n) is 17.0. The first-order valence-electron chi connectivity index (χ1n) is 9.87. The fourth-order valence-electron chi connectivity index (χ4n) is 2.95. The highest BCUT2D eigenvalue weighted by Gasteiger charge is 2.32. The summed E-state index contributed by atoms with van der Waals surface area (Å²) >= 11 is 0. The predicted octanol–water partition coefficient (Wildman–Crippen LogP) is 3.80. The molecule has 0 bridgehead atoms. The predicted molar refractivity (Wildman–Crippen MR) is 112 cm³/mol. The third-order valence-electron chi connectivity index (χ3n) is 4.63. The van der Waals surface area contributed by atoms with E-state index in [4.69, 9.17) is 15.2 Å². The molecule has 0 aliphatic rings. The molecule has 5 heteroatoms. The fraction of sp³-hybridized carbons (Fsp3) is 0.478. The number of nitrogens with zero attached hydrogens (tertiary/aromatic N) is 1. The molecule has 0 heterocycles. The van der Waals surface area contributed by atoms with E-state index in [0.29, 0.717) is 46.0 Å². The summed E-state index contributed by atoms with van der Waals surface area (Å²) in [7, 11) is 0. The first-order chi connectivity index (χ1) is 13.5. The van der Waals surface area contributed by atoms with Gasteiger partial charge in [0.1, 0.15) is 6.17 Å². The van der Waals surface area contributed by atoms with Gasteiger partial charge >= 0.3 is 0 Å². The molecule has 0 saturated heterocycles. The lowest BCUT2D eigenvalue weighted by Gasteiger charge is -2.33. The van der Waals surface area contributed by atoms with E-state index in [1.807, 2.05) is 36.4 Å². The molecular formula is C23H33FN2O2. The van der Waals surface area contributed by atoms with E-state index in [2.05, 4.69) is 29.2 Å². The maximum atomic E-state index is 15.2. The summed E-state index contributed by atoms with van der Waals surface area (Å²) in [6, 6.07) is 20.3. The summed E-state index contributed by atoms with van der Waals surface area (Å²) in [4.78, 5) is 2.13. The molecule has 0 aliphatic carbocycles. The van der Waals surface area contributed by atoms with Crippen LogP contribution in [0.2, 0.25) is 0 Å². The second-order valence-electron chi connectivity index (χ2n) is 7.46. The van der Waals surface area contributed by atoms with Crippen LogP contribution in [0, 0.1) is 0 Å². The number of halogens is 1. The number of nitrogens with two attached hydrogens (primary N) is 1. The normalized spacial score (nSPS) is 13.0. The van der Waals surface area contributed by atoms with Crippen molar-refractivity contribution in [3.63, 3.8) is 0 Å². The number of hydrogen-bond acceptors (Lipinski definition) is 4. The summed E-state index contributed by atoms with van der Waals surface area (Å²) in [5.74, 6) is 0. The Kier molecular flexibility index (Phi) is 9.58. The van der Waals surface area contributed by atoms with Gasteiger partial charge in [0, 0.05) is 26.2 Å². The van der Waals surface area contributed by atoms with Crippen LogP contribution in [0.15, 0.2) is 60.7 Å². The largest absolute Gasteiger partial charge is 0.378 e. The Morgan fingerprint density at radius 1 is 0.893 bits per heavy atom. The van der Waals surface area contributed by atoms with E-state index in [9.17, 15) is 0 Å². The summed E-state index contributed by atoms with van der Waals surface area (Å²) in [6.07, 6.45) is -1.13. The van der Waals surface area contributed by atoms with Crippen LogP contribution in [-0.4, -0.2) is 49.6 Å². The van der Waals surface area contributed by atoms with Gasteiger partial charge < -0.3 is 15.2 Å². The maximum Gasteiger partial charge on any atom is 0.141 e. The number of rotatable bonds is 13. The molecule has 0 amide bonds. The molecule has 0 radical (unpaired) electrons. The van der Waals surface area contributed by atoms with E-state index < -0.39 is 11.8 Å². The van der Waals surface area contributed by atoms with Crippen molar-refractivity contribution in [1.29, 1.82) is 0 Å². The van der Waals surface area contributed by atoms with Gasteiger partial charge in [-0.25, -0.2) is 4.39 Å². The average molecular weight is 389 g/mol. The Morgan fingerprint density at radius 3 is 1.93 bits per heavy atom. The molecule has 4 nitrogen and oxygen atoms in total. The van der Waals surface area contributed by atoms with Crippen LogP contribution in [0.4, 0.5) is 4.39 Å². The van der Waals surface area contributed by atoms with Crippen LogP contribution in [0.25, 0.3) is 0 Å². The first-order valence-corrected chi connectivity index (χ1v) is 9.87. The van der Waals surface area contributed by atoms with Gasteiger partial charge in [-0.05, 0) is 25.0 Å². The molecule has 2 N–H and O–H groups in total. The van der Waals surface area contributed by atoms with Crippen molar-refractivity contribution in [2.24, 2.45) is 5.73 Å². The van der Waals surface area contributed by atoms with E-state index in [-0.39, 0.29) is 0 Å². The lowest BCUT2D eigenvalue weighted by molar-refractivity contribution is -0.0945. The van der Waals surface area contributed by atoms with Crippen molar-refractivity contribution in [3.8, 4) is 0 Å². The average Bonchev–Trinajstić information content (AvgIpc) is 2.69. The molecule has 0 saturated carbocycles. The SMILES string of the molecule is CC(C)(OCCOCCN)C(F)CN(Cc1ccccc1)Cc1ccccc1. The molecule has 1 unspecified atom stereocenters. The van der Waals surface area contributed by atoms with E-state index >= 15 is 4.39 Å². The quantitative estimate of drug-likeness (QED) is 0.530. The zero-order chi connectivity index (χ0) is 20.2. The molecule has 0 spiro atoms. The first kappa shape index (κ1) is 22.5. The standard InChI is InChI=1S/C23H33FN2O2/c1-23(2,28-16-15-27-14-13-25)22(24)19-26(17-20-9-5-3-6-10-20)18-21-11-7-4-8-12-21/h3-12,22H,13-19,25H2,1-2H3. The van der Waals surface area contributed by atoms with Crippen molar-refractivity contribution >= 4 is 0 Å². The van der Waals surface area contributed by atoms with Gasteiger partial charge in [-0.1, -0.05) is 60.7 Å².